The van der Waals surface area contributed by atoms with Gasteiger partial charge < -0.3 is 15.6 Å². The molecular formula is C18H23NO2. The molecule has 112 valence electrons. The van der Waals surface area contributed by atoms with E-state index in [1.807, 2.05) is 42.5 Å². The molecule has 0 aliphatic carbocycles. The maximum atomic E-state index is 10.1. The largest absolute Gasteiger partial charge is 0.507 e. The lowest BCUT2D eigenvalue weighted by molar-refractivity contribution is 0.304. The van der Waals surface area contributed by atoms with Gasteiger partial charge in [-0.05, 0) is 24.0 Å². The molecule has 0 unspecified atom stereocenters. The summed E-state index contributed by atoms with van der Waals surface area (Å²) in [4.78, 5) is 0. The summed E-state index contributed by atoms with van der Waals surface area (Å²) in [6.07, 6.45) is 0.845. The number of benzene rings is 2. The molecule has 0 fully saturated rings. The van der Waals surface area contributed by atoms with Gasteiger partial charge in [-0.2, -0.15) is 0 Å². The van der Waals surface area contributed by atoms with Crippen LogP contribution in [-0.4, -0.2) is 5.11 Å². The average Bonchev–Trinajstić information content (AvgIpc) is 2.45. The Balaban J connectivity index is 2.02. The van der Waals surface area contributed by atoms with Crippen LogP contribution < -0.4 is 10.5 Å². The van der Waals surface area contributed by atoms with E-state index >= 15 is 0 Å². The molecule has 2 aromatic rings. The summed E-state index contributed by atoms with van der Waals surface area (Å²) in [6.45, 7) is 4.72. The number of hydrogen-bond acceptors (Lipinski definition) is 3. The fourth-order valence-corrected chi connectivity index (χ4v) is 2.30. The summed E-state index contributed by atoms with van der Waals surface area (Å²) in [5.74, 6) is 1.35. The van der Waals surface area contributed by atoms with Crippen molar-refractivity contribution in [3.05, 3.63) is 59.7 Å². The molecule has 0 saturated heterocycles. The summed E-state index contributed by atoms with van der Waals surface area (Å²) in [6, 6.07) is 15.1. The van der Waals surface area contributed by atoms with Crippen LogP contribution in [0.2, 0.25) is 0 Å². The number of ether oxygens (including phenoxy) is 1. The molecule has 0 bridgehead atoms. The lowest BCUT2D eigenvalue weighted by atomic mass is 9.97. The van der Waals surface area contributed by atoms with Crippen LogP contribution >= 0.6 is 0 Å². The second-order valence-corrected chi connectivity index (χ2v) is 5.73. The normalized spacial score (nSPS) is 12.4. The minimum atomic E-state index is -0.145. The van der Waals surface area contributed by atoms with Crippen LogP contribution in [0.25, 0.3) is 0 Å². The van der Waals surface area contributed by atoms with E-state index in [4.69, 9.17) is 10.5 Å². The molecule has 3 N–H and O–H groups in total. The minimum absolute atomic E-state index is 0.145. The SMILES string of the molecule is CC(C)C[C@@H](N)c1ccc(OCc2ccccc2)cc1O. The van der Waals surface area contributed by atoms with Crippen molar-refractivity contribution in [2.45, 2.75) is 32.9 Å². The Labute approximate surface area is 126 Å². The Bertz CT molecular complexity index is 567. The smallest absolute Gasteiger partial charge is 0.124 e. The van der Waals surface area contributed by atoms with Gasteiger partial charge in [0.2, 0.25) is 0 Å². The Morgan fingerprint density at radius 1 is 1.10 bits per heavy atom. The minimum Gasteiger partial charge on any atom is -0.507 e. The first kappa shape index (κ1) is 15.4. The van der Waals surface area contributed by atoms with Crippen LogP contribution in [0.4, 0.5) is 0 Å². The molecule has 0 spiro atoms. The van der Waals surface area contributed by atoms with Gasteiger partial charge in [-0.1, -0.05) is 50.2 Å². The Morgan fingerprint density at radius 3 is 2.43 bits per heavy atom. The fourth-order valence-electron chi connectivity index (χ4n) is 2.30. The fraction of sp³-hybridized carbons (Fsp3) is 0.333. The molecule has 3 nitrogen and oxygen atoms in total. The van der Waals surface area contributed by atoms with Crippen LogP contribution in [0.3, 0.4) is 0 Å². The van der Waals surface area contributed by atoms with Gasteiger partial charge in [-0.15, -0.1) is 0 Å². The molecule has 21 heavy (non-hydrogen) atoms. The molecule has 2 aromatic carbocycles. The summed E-state index contributed by atoms with van der Waals surface area (Å²) in [5, 5.41) is 10.1. The summed E-state index contributed by atoms with van der Waals surface area (Å²) >= 11 is 0. The number of nitrogens with two attached hydrogens (primary N) is 1. The van der Waals surface area contributed by atoms with Gasteiger partial charge in [0.15, 0.2) is 0 Å². The summed E-state index contributed by atoms with van der Waals surface area (Å²) in [5.41, 5.74) is 7.98. The van der Waals surface area contributed by atoms with E-state index in [9.17, 15) is 5.11 Å². The zero-order valence-electron chi connectivity index (χ0n) is 12.6. The van der Waals surface area contributed by atoms with Crippen molar-refractivity contribution in [2.24, 2.45) is 11.7 Å². The van der Waals surface area contributed by atoms with E-state index in [0.29, 0.717) is 18.3 Å². The molecule has 0 saturated carbocycles. The van der Waals surface area contributed by atoms with Crippen molar-refractivity contribution in [3.63, 3.8) is 0 Å². The maximum absolute atomic E-state index is 10.1. The second kappa shape index (κ2) is 7.14. The van der Waals surface area contributed by atoms with Crippen LogP contribution in [0.1, 0.15) is 37.4 Å². The zero-order chi connectivity index (χ0) is 15.2. The lowest BCUT2D eigenvalue weighted by Gasteiger charge is -2.16. The van der Waals surface area contributed by atoms with E-state index in [1.165, 1.54) is 0 Å². The van der Waals surface area contributed by atoms with Crippen molar-refractivity contribution >= 4 is 0 Å². The number of hydrogen-bond donors (Lipinski definition) is 2. The highest BCUT2D eigenvalue weighted by Crippen LogP contribution is 2.30. The van der Waals surface area contributed by atoms with Crippen molar-refractivity contribution in [3.8, 4) is 11.5 Å². The Morgan fingerprint density at radius 2 is 1.81 bits per heavy atom. The quantitative estimate of drug-likeness (QED) is 0.843. The topological polar surface area (TPSA) is 55.5 Å². The number of aromatic hydroxyl groups is 1. The molecule has 0 aliphatic heterocycles. The van der Waals surface area contributed by atoms with Crippen molar-refractivity contribution in [1.29, 1.82) is 0 Å². The van der Waals surface area contributed by atoms with E-state index in [-0.39, 0.29) is 11.8 Å². The standard InChI is InChI=1S/C18H23NO2/c1-13(2)10-17(19)16-9-8-15(11-18(16)20)21-12-14-6-4-3-5-7-14/h3-9,11,13,17,20H,10,12,19H2,1-2H3/t17-/m1/s1. The molecular weight excluding hydrogens is 262 g/mol. The van der Waals surface area contributed by atoms with Gasteiger partial charge in [0.25, 0.3) is 0 Å². The van der Waals surface area contributed by atoms with Gasteiger partial charge in [0.05, 0.1) is 0 Å². The number of phenols is 1. The number of phenolic OH excluding ortho intramolecular Hbond substituents is 1. The van der Waals surface area contributed by atoms with E-state index in [0.717, 1.165) is 17.5 Å². The van der Waals surface area contributed by atoms with Gasteiger partial charge in [0, 0.05) is 17.7 Å². The first-order chi connectivity index (χ1) is 10.1. The van der Waals surface area contributed by atoms with Crippen molar-refractivity contribution in [1.82, 2.24) is 0 Å². The van der Waals surface area contributed by atoms with Crippen molar-refractivity contribution < 1.29 is 9.84 Å². The Kier molecular flexibility index (Phi) is 5.23. The third-order valence-electron chi connectivity index (χ3n) is 3.38. The van der Waals surface area contributed by atoms with Crippen LogP contribution in [0.5, 0.6) is 11.5 Å². The highest BCUT2D eigenvalue weighted by molar-refractivity contribution is 5.41. The molecule has 0 amide bonds. The molecule has 2 rings (SSSR count). The molecule has 0 heterocycles. The van der Waals surface area contributed by atoms with Crippen LogP contribution in [0, 0.1) is 5.92 Å². The molecule has 0 aliphatic rings. The number of rotatable bonds is 6. The molecule has 0 aromatic heterocycles. The third kappa shape index (κ3) is 4.50. The van der Waals surface area contributed by atoms with E-state index < -0.39 is 0 Å². The predicted octanol–water partition coefficient (Wildman–Crippen LogP) is 4.02. The summed E-state index contributed by atoms with van der Waals surface area (Å²) in [7, 11) is 0. The molecule has 1 atom stereocenters. The van der Waals surface area contributed by atoms with Gasteiger partial charge >= 0.3 is 0 Å². The molecule has 0 radical (unpaired) electrons. The first-order valence-corrected chi connectivity index (χ1v) is 7.31. The highest BCUT2D eigenvalue weighted by Gasteiger charge is 2.13. The highest BCUT2D eigenvalue weighted by atomic mass is 16.5. The van der Waals surface area contributed by atoms with E-state index in [1.54, 1.807) is 6.07 Å². The molecule has 3 heteroatoms. The van der Waals surface area contributed by atoms with Crippen LogP contribution in [0.15, 0.2) is 48.5 Å². The van der Waals surface area contributed by atoms with Crippen molar-refractivity contribution in [2.75, 3.05) is 0 Å². The lowest BCUT2D eigenvalue weighted by Crippen LogP contribution is -2.13. The maximum Gasteiger partial charge on any atom is 0.124 e. The van der Waals surface area contributed by atoms with Gasteiger partial charge in [0.1, 0.15) is 18.1 Å². The Hall–Kier alpha value is -2.00. The first-order valence-electron chi connectivity index (χ1n) is 7.31. The average molecular weight is 285 g/mol. The predicted molar refractivity (Wildman–Crippen MR) is 85.3 cm³/mol. The van der Waals surface area contributed by atoms with Gasteiger partial charge in [-0.3, -0.25) is 0 Å². The van der Waals surface area contributed by atoms with E-state index in [2.05, 4.69) is 13.8 Å². The second-order valence-electron chi connectivity index (χ2n) is 5.73. The summed E-state index contributed by atoms with van der Waals surface area (Å²) < 4.78 is 5.69. The van der Waals surface area contributed by atoms with Gasteiger partial charge in [-0.25, -0.2) is 0 Å². The monoisotopic (exact) mass is 285 g/mol. The van der Waals surface area contributed by atoms with Crippen LogP contribution in [-0.2, 0) is 6.61 Å². The zero-order valence-corrected chi connectivity index (χ0v) is 12.6. The third-order valence-corrected chi connectivity index (χ3v) is 3.38.